The summed E-state index contributed by atoms with van der Waals surface area (Å²) in [6.07, 6.45) is 3.67. The maximum Gasteiger partial charge on any atom is 0.339 e. The van der Waals surface area contributed by atoms with Crippen molar-refractivity contribution in [3.8, 4) is 5.75 Å². The lowest BCUT2D eigenvalue weighted by Gasteiger charge is -2.05. The second-order valence-electron chi connectivity index (χ2n) is 4.98. The fourth-order valence-corrected chi connectivity index (χ4v) is 1.99. The van der Waals surface area contributed by atoms with Crippen LogP contribution in [0.4, 0.5) is 5.82 Å². The number of carboxylic acids is 1. The minimum atomic E-state index is -1.11. The van der Waals surface area contributed by atoms with Gasteiger partial charge in [0.25, 0.3) is 0 Å². The largest absolute Gasteiger partial charge is 0.494 e. The van der Waals surface area contributed by atoms with Gasteiger partial charge in [-0.2, -0.15) is 5.10 Å². The molecule has 0 unspecified atom stereocenters. The third-order valence-electron chi connectivity index (χ3n) is 3.12. The number of unbranched alkanes of at least 4 members (excludes halogenated alkanes) is 1. The molecule has 7 heteroatoms. The Morgan fingerprint density at radius 1 is 1.33 bits per heavy atom. The van der Waals surface area contributed by atoms with E-state index in [-0.39, 0.29) is 16.5 Å². The molecule has 0 atom stereocenters. The second kappa shape index (κ2) is 8.88. The summed E-state index contributed by atoms with van der Waals surface area (Å²) in [7, 11) is 0. The Morgan fingerprint density at radius 3 is 2.75 bits per heavy atom. The number of hydrazone groups is 1. The van der Waals surface area contributed by atoms with Crippen molar-refractivity contribution >= 4 is 29.6 Å². The fraction of sp³-hybridized carbons (Fsp3) is 0.235. The van der Waals surface area contributed by atoms with Crippen LogP contribution >= 0.6 is 11.6 Å². The highest BCUT2D eigenvalue weighted by Gasteiger charge is 2.11. The fourth-order valence-electron chi connectivity index (χ4n) is 1.85. The molecule has 0 saturated carbocycles. The van der Waals surface area contributed by atoms with Gasteiger partial charge in [0.1, 0.15) is 16.5 Å². The van der Waals surface area contributed by atoms with Gasteiger partial charge < -0.3 is 9.84 Å². The Balaban J connectivity index is 1.99. The highest BCUT2D eigenvalue weighted by molar-refractivity contribution is 6.29. The first kappa shape index (κ1) is 17.7. The van der Waals surface area contributed by atoms with Crippen LogP contribution < -0.4 is 10.2 Å². The third kappa shape index (κ3) is 5.24. The second-order valence-corrected chi connectivity index (χ2v) is 5.36. The van der Waals surface area contributed by atoms with Gasteiger partial charge in [0.2, 0.25) is 0 Å². The maximum absolute atomic E-state index is 11.1. The van der Waals surface area contributed by atoms with E-state index in [1.807, 2.05) is 24.3 Å². The molecule has 0 radical (unpaired) electrons. The number of carbonyl (C=O) groups is 1. The minimum absolute atomic E-state index is 0.00350. The van der Waals surface area contributed by atoms with Crippen LogP contribution in [0.2, 0.25) is 5.15 Å². The molecule has 1 aromatic heterocycles. The van der Waals surface area contributed by atoms with Crippen molar-refractivity contribution in [3.63, 3.8) is 0 Å². The highest BCUT2D eigenvalue weighted by atomic mass is 35.5. The molecule has 0 spiro atoms. The van der Waals surface area contributed by atoms with Gasteiger partial charge in [-0.25, -0.2) is 9.78 Å². The van der Waals surface area contributed by atoms with Crippen LogP contribution in [0.15, 0.2) is 41.5 Å². The number of hydrogen-bond donors (Lipinski definition) is 2. The molecule has 1 aromatic carbocycles. The number of ether oxygens (including phenoxy) is 1. The van der Waals surface area contributed by atoms with Crippen molar-refractivity contribution in [2.45, 2.75) is 19.8 Å². The van der Waals surface area contributed by atoms with Gasteiger partial charge in [-0.15, -0.1) is 0 Å². The van der Waals surface area contributed by atoms with Crippen LogP contribution in [0.1, 0.15) is 35.7 Å². The van der Waals surface area contributed by atoms with E-state index in [0.29, 0.717) is 6.61 Å². The average molecular weight is 348 g/mol. The van der Waals surface area contributed by atoms with Crippen molar-refractivity contribution < 1.29 is 14.6 Å². The number of nitrogens with one attached hydrogen (secondary N) is 1. The molecule has 0 aliphatic carbocycles. The van der Waals surface area contributed by atoms with Crippen molar-refractivity contribution in [3.05, 3.63) is 52.7 Å². The number of nitrogens with zero attached hydrogens (tertiary/aromatic N) is 2. The summed E-state index contributed by atoms with van der Waals surface area (Å²) < 4.78 is 5.58. The number of rotatable bonds is 8. The van der Waals surface area contributed by atoms with Crippen LogP contribution in [-0.2, 0) is 0 Å². The summed E-state index contributed by atoms with van der Waals surface area (Å²) >= 11 is 5.78. The van der Waals surface area contributed by atoms with E-state index < -0.39 is 5.97 Å². The molecule has 0 saturated heterocycles. The van der Waals surface area contributed by atoms with Crippen molar-refractivity contribution in [1.29, 1.82) is 0 Å². The first-order valence-electron chi connectivity index (χ1n) is 7.52. The number of benzene rings is 1. The molecule has 0 aliphatic heterocycles. The molecule has 0 aliphatic rings. The normalized spacial score (nSPS) is 10.8. The highest BCUT2D eigenvalue weighted by Crippen LogP contribution is 2.17. The van der Waals surface area contributed by atoms with Gasteiger partial charge in [-0.05, 0) is 48.4 Å². The van der Waals surface area contributed by atoms with Crippen LogP contribution in [0.3, 0.4) is 0 Å². The van der Waals surface area contributed by atoms with Crippen molar-refractivity contribution in [2.24, 2.45) is 5.10 Å². The smallest absolute Gasteiger partial charge is 0.339 e. The molecule has 6 nitrogen and oxygen atoms in total. The number of pyridine rings is 1. The van der Waals surface area contributed by atoms with Crippen molar-refractivity contribution in [1.82, 2.24) is 4.98 Å². The van der Waals surface area contributed by atoms with Crippen LogP contribution in [0, 0.1) is 0 Å². The van der Waals surface area contributed by atoms with Gasteiger partial charge in [0.15, 0.2) is 5.82 Å². The molecule has 0 bridgehead atoms. The molecule has 2 rings (SSSR count). The Kier molecular flexibility index (Phi) is 6.57. The lowest BCUT2D eigenvalue weighted by Crippen LogP contribution is -2.04. The van der Waals surface area contributed by atoms with Crippen LogP contribution in [-0.4, -0.2) is 28.9 Å². The Morgan fingerprint density at radius 2 is 2.08 bits per heavy atom. The molecule has 1 heterocycles. The zero-order chi connectivity index (χ0) is 17.4. The zero-order valence-corrected chi connectivity index (χ0v) is 14.0. The summed E-state index contributed by atoms with van der Waals surface area (Å²) in [6, 6.07) is 10.2. The molecule has 0 amide bonds. The minimum Gasteiger partial charge on any atom is -0.494 e. The Labute approximate surface area is 145 Å². The summed E-state index contributed by atoms with van der Waals surface area (Å²) in [5, 5.41) is 13.3. The van der Waals surface area contributed by atoms with Crippen LogP contribution in [0.5, 0.6) is 5.75 Å². The molecule has 0 fully saturated rings. The van der Waals surface area contributed by atoms with Gasteiger partial charge in [0, 0.05) is 0 Å². The van der Waals surface area contributed by atoms with Gasteiger partial charge in [-0.1, -0.05) is 24.9 Å². The van der Waals surface area contributed by atoms with E-state index in [0.717, 1.165) is 24.2 Å². The number of aromatic nitrogens is 1. The maximum atomic E-state index is 11.1. The topological polar surface area (TPSA) is 83.8 Å². The molecular formula is C17H18ClN3O3. The molecule has 2 aromatic rings. The van der Waals surface area contributed by atoms with E-state index in [1.165, 1.54) is 12.1 Å². The Hall–Kier alpha value is -2.60. The van der Waals surface area contributed by atoms with E-state index in [2.05, 4.69) is 22.4 Å². The first-order valence-corrected chi connectivity index (χ1v) is 7.89. The van der Waals surface area contributed by atoms with E-state index in [1.54, 1.807) is 6.21 Å². The summed E-state index contributed by atoms with van der Waals surface area (Å²) in [4.78, 5) is 15.0. The third-order valence-corrected chi connectivity index (χ3v) is 3.33. The van der Waals surface area contributed by atoms with Gasteiger partial charge in [-0.3, -0.25) is 5.43 Å². The van der Waals surface area contributed by atoms with Crippen molar-refractivity contribution in [2.75, 3.05) is 12.0 Å². The Bertz CT molecular complexity index is 718. The predicted octanol–water partition coefficient (Wildman–Crippen LogP) is 4.06. The summed E-state index contributed by atoms with van der Waals surface area (Å²) in [6.45, 7) is 2.81. The number of aromatic carboxylic acids is 1. The number of anilines is 1. The first-order chi connectivity index (χ1) is 11.6. The monoisotopic (exact) mass is 347 g/mol. The van der Waals surface area contributed by atoms with Crippen LogP contribution in [0.25, 0.3) is 0 Å². The molecule has 126 valence electrons. The van der Waals surface area contributed by atoms with E-state index in [9.17, 15) is 4.79 Å². The summed E-state index contributed by atoms with van der Waals surface area (Å²) in [5.74, 6) is -0.213. The molecular weight excluding hydrogens is 330 g/mol. The predicted molar refractivity (Wildman–Crippen MR) is 94.3 cm³/mol. The van der Waals surface area contributed by atoms with E-state index in [4.69, 9.17) is 21.4 Å². The molecule has 24 heavy (non-hydrogen) atoms. The lowest BCUT2D eigenvalue weighted by atomic mass is 10.2. The summed E-state index contributed by atoms with van der Waals surface area (Å²) in [5.41, 5.74) is 3.44. The average Bonchev–Trinajstić information content (AvgIpc) is 2.56. The van der Waals surface area contributed by atoms with Gasteiger partial charge >= 0.3 is 5.97 Å². The molecule has 2 N–H and O–H groups in total. The van der Waals surface area contributed by atoms with Gasteiger partial charge in [0.05, 0.1) is 12.8 Å². The SMILES string of the molecule is CCCCOc1ccc(/C=N/Nc2nc(Cl)ccc2C(=O)O)cc1. The lowest BCUT2D eigenvalue weighted by molar-refractivity contribution is 0.0697. The number of halogens is 1. The standard InChI is InChI=1S/C17H18ClN3O3/c1-2-3-10-24-13-6-4-12(5-7-13)11-19-21-16-14(17(22)23)8-9-15(18)20-16/h4-9,11H,2-3,10H2,1H3,(H,20,21)(H,22,23)/b19-11+. The number of hydrogen-bond acceptors (Lipinski definition) is 5. The zero-order valence-electron chi connectivity index (χ0n) is 13.2. The van der Waals surface area contributed by atoms with E-state index >= 15 is 0 Å². The number of carboxylic acid groups (broad SMARTS) is 1. The quantitative estimate of drug-likeness (QED) is 0.325.